The van der Waals surface area contributed by atoms with Crippen LogP contribution in [0.4, 0.5) is 19.3 Å². The molecule has 1 fully saturated rings. The molecule has 1 aliphatic rings. The molecule has 2 rings (SSSR count). The minimum Gasteiger partial charge on any atom is -0.454 e. The molecule has 1 aromatic rings. The van der Waals surface area contributed by atoms with Crippen LogP contribution in [0.5, 0.6) is 0 Å². The molecule has 140 valence electrons. The van der Waals surface area contributed by atoms with Crippen molar-refractivity contribution in [3.63, 3.8) is 0 Å². The summed E-state index contributed by atoms with van der Waals surface area (Å²) in [6.07, 6.45) is 0.333. The summed E-state index contributed by atoms with van der Waals surface area (Å²) in [6, 6.07) is 2.29. The van der Waals surface area contributed by atoms with Crippen LogP contribution in [0.1, 0.15) is 20.3 Å². The predicted molar refractivity (Wildman–Crippen MR) is 84.9 cm³/mol. The van der Waals surface area contributed by atoms with Gasteiger partial charge in [0.1, 0.15) is 29.4 Å². The van der Waals surface area contributed by atoms with Gasteiger partial charge in [-0.3, -0.25) is 19.3 Å². The SMILES string of the molecule is CC[C@@]1(C)NC(=O)N(CC(=O)OCC(=O)Nc2c(F)cccc2F)C1=O. The van der Waals surface area contributed by atoms with Crippen molar-refractivity contribution in [2.75, 3.05) is 18.5 Å². The molecule has 0 unspecified atom stereocenters. The van der Waals surface area contributed by atoms with Gasteiger partial charge in [-0.2, -0.15) is 0 Å². The van der Waals surface area contributed by atoms with Crippen molar-refractivity contribution in [3.8, 4) is 0 Å². The van der Waals surface area contributed by atoms with Gasteiger partial charge < -0.3 is 15.4 Å². The zero-order chi connectivity index (χ0) is 19.5. The Balaban J connectivity index is 1.88. The molecule has 0 radical (unpaired) electrons. The molecule has 1 atom stereocenters. The number of esters is 1. The van der Waals surface area contributed by atoms with E-state index in [9.17, 15) is 28.0 Å². The van der Waals surface area contributed by atoms with Crippen LogP contribution in [0, 0.1) is 11.6 Å². The van der Waals surface area contributed by atoms with Crippen molar-refractivity contribution >= 4 is 29.5 Å². The summed E-state index contributed by atoms with van der Waals surface area (Å²) >= 11 is 0. The molecule has 0 aromatic heterocycles. The molecular formula is C16H17F2N3O5. The lowest BCUT2D eigenvalue weighted by molar-refractivity contribution is -0.150. The third kappa shape index (κ3) is 3.95. The molecule has 10 heteroatoms. The first-order valence-electron chi connectivity index (χ1n) is 7.71. The van der Waals surface area contributed by atoms with Crippen LogP contribution in [0.25, 0.3) is 0 Å². The Morgan fingerprint density at radius 2 is 1.88 bits per heavy atom. The average Bonchev–Trinajstić information content (AvgIpc) is 2.80. The standard InChI is InChI=1S/C16H17F2N3O5/c1-3-16(2)14(24)21(15(25)20-16)7-12(23)26-8-11(22)19-13-9(17)5-4-6-10(13)18/h4-6H,3,7-8H2,1-2H3,(H,19,22)(H,20,25)/t16-/m1/s1. The Bertz CT molecular complexity index is 750. The number of halogens is 2. The van der Waals surface area contributed by atoms with E-state index in [1.165, 1.54) is 6.92 Å². The zero-order valence-corrected chi connectivity index (χ0v) is 14.1. The number of nitrogens with zero attached hydrogens (tertiary/aromatic N) is 1. The molecule has 0 saturated carbocycles. The molecule has 1 aliphatic heterocycles. The molecular weight excluding hydrogens is 352 g/mol. The number of ether oxygens (including phenoxy) is 1. The van der Waals surface area contributed by atoms with E-state index in [4.69, 9.17) is 0 Å². The van der Waals surface area contributed by atoms with Crippen LogP contribution in [0.15, 0.2) is 18.2 Å². The molecule has 4 amide bonds. The second kappa shape index (κ2) is 7.46. The highest BCUT2D eigenvalue weighted by Gasteiger charge is 2.47. The lowest BCUT2D eigenvalue weighted by atomic mass is 9.99. The first-order chi connectivity index (χ1) is 12.2. The average molecular weight is 369 g/mol. The maximum absolute atomic E-state index is 13.4. The van der Waals surface area contributed by atoms with Gasteiger partial charge in [-0.15, -0.1) is 0 Å². The number of para-hydroxylation sites is 1. The first kappa shape index (κ1) is 19.3. The Kier molecular flexibility index (Phi) is 5.53. The normalized spacial score (nSPS) is 19.3. The fourth-order valence-electron chi connectivity index (χ4n) is 2.24. The minimum atomic E-state index is -1.10. The summed E-state index contributed by atoms with van der Waals surface area (Å²) in [5.41, 5.74) is -1.77. The summed E-state index contributed by atoms with van der Waals surface area (Å²) in [7, 11) is 0. The van der Waals surface area contributed by atoms with E-state index in [-0.39, 0.29) is 0 Å². The van der Waals surface area contributed by atoms with Gasteiger partial charge in [0, 0.05) is 0 Å². The van der Waals surface area contributed by atoms with E-state index in [1.54, 1.807) is 6.92 Å². The number of imide groups is 1. The van der Waals surface area contributed by atoms with Gasteiger partial charge >= 0.3 is 12.0 Å². The third-order valence-corrected chi connectivity index (χ3v) is 3.93. The van der Waals surface area contributed by atoms with Crippen molar-refractivity contribution in [1.82, 2.24) is 10.2 Å². The van der Waals surface area contributed by atoms with Crippen molar-refractivity contribution in [2.45, 2.75) is 25.8 Å². The highest BCUT2D eigenvalue weighted by molar-refractivity contribution is 6.08. The van der Waals surface area contributed by atoms with Gasteiger partial charge in [0.25, 0.3) is 11.8 Å². The number of hydrogen-bond donors (Lipinski definition) is 2. The Hall–Kier alpha value is -3.04. The second-order valence-corrected chi connectivity index (χ2v) is 5.81. The van der Waals surface area contributed by atoms with Crippen LogP contribution in [0.3, 0.4) is 0 Å². The molecule has 0 aliphatic carbocycles. The topological polar surface area (TPSA) is 105 Å². The highest BCUT2D eigenvalue weighted by atomic mass is 19.1. The fourth-order valence-corrected chi connectivity index (χ4v) is 2.24. The fraction of sp³-hybridized carbons (Fsp3) is 0.375. The lowest BCUT2D eigenvalue weighted by Crippen LogP contribution is -2.43. The number of hydrogen-bond acceptors (Lipinski definition) is 5. The van der Waals surface area contributed by atoms with Crippen molar-refractivity contribution in [1.29, 1.82) is 0 Å². The smallest absolute Gasteiger partial charge is 0.326 e. The van der Waals surface area contributed by atoms with E-state index >= 15 is 0 Å². The highest BCUT2D eigenvalue weighted by Crippen LogP contribution is 2.20. The predicted octanol–water partition coefficient (Wildman–Crippen LogP) is 1.17. The minimum absolute atomic E-state index is 0.333. The number of nitrogens with one attached hydrogen (secondary N) is 2. The summed E-state index contributed by atoms with van der Waals surface area (Å²) in [6.45, 7) is 1.71. The number of benzene rings is 1. The number of carbonyl (C=O) groups is 4. The number of anilines is 1. The molecule has 2 N–H and O–H groups in total. The van der Waals surface area contributed by atoms with E-state index in [1.807, 2.05) is 5.32 Å². The number of rotatable bonds is 6. The summed E-state index contributed by atoms with van der Waals surface area (Å²) in [5, 5.41) is 4.40. The van der Waals surface area contributed by atoms with Crippen LogP contribution >= 0.6 is 0 Å². The number of amides is 4. The second-order valence-electron chi connectivity index (χ2n) is 5.81. The van der Waals surface area contributed by atoms with E-state index in [0.29, 0.717) is 11.3 Å². The maximum Gasteiger partial charge on any atom is 0.326 e. The Labute approximate surface area is 147 Å². The summed E-state index contributed by atoms with van der Waals surface area (Å²) in [5.74, 6) is -4.54. The third-order valence-electron chi connectivity index (χ3n) is 3.93. The van der Waals surface area contributed by atoms with Crippen molar-refractivity contribution in [3.05, 3.63) is 29.8 Å². The molecule has 26 heavy (non-hydrogen) atoms. The van der Waals surface area contributed by atoms with Gasteiger partial charge in [0.2, 0.25) is 0 Å². The quantitative estimate of drug-likeness (QED) is 0.579. The van der Waals surface area contributed by atoms with Crippen LogP contribution < -0.4 is 10.6 Å². The van der Waals surface area contributed by atoms with Gasteiger partial charge in [0.05, 0.1) is 0 Å². The van der Waals surface area contributed by atoms with Crippen LogP contribution in [-0.4, -0.2) is 47.4 Å². The van der Waals surface area contributed by atoms with Gasteiger partial charge in [0.15, 0.2) is 6.61 Å². The molecule has 8 nitrogen and oxygen atoms in total. The van der Waals surface area contributed by atoms with Crippen LogP contribution in [0.2, 0.25) is 0 Å². The van der Waals surface area contributed by atoms with Gasteiger partial charge in [-0.25, -0.2) is 13.6 Å². The number of carbonyl (C=O) groups excluding carboxylic acids is 4. The maximum atomic E-state index is 13.4. The molecule has 1 heterocycles. The summed E-state index contributed by atoms with van der Waals surface area (Å²) in [4.78, 5) is 48.0. The molecule has 1 aromatic carbocycles. The zero-order valence-electron chi connectivity index (χ0n) is 14.1. The van der Waals surface area contributed by atoms with Gasteiger partial charge in [-0.1, -0.05) is 13.0 Å². The van der Waals surface area contributed by atoms with Crippen molar-refractivity contribution < 1.29 is 32.7 Å². The van der Waals surface area contributed by atoms with E-state index < -0.39 is 59.8 Å². The van der Waals surface area contributed by atoms with Gasteiger partial charge in [-0.05, 0) is 25.5 Å². The number of urea groups is 1. The molecule has 0 bridgehead atoms. The Morgan fingerprint density at radius 1 is 1.27 bits per heavy atom. The first-order valence-corrected chi connectivity index (χ1v) is 7.71. The van der Waals surface area contributed by atoms with Crippen molar-refractivity contribution in [2.24, 2.45) is 0 Å². The largest absolute Gasteiger partial charge is 0.454 e. The molecule has 1 saturated heterocycles. The van der Waals surface area contributed by atoms with E-state index in [0.717, 1.165) is 18.2 Å². The molecule has 0 spiro atoms. The lowest BCUT2D eigenvalue weighted by Gasteiger charge is -2.18. The van der Waals surface area contributed by atoms with Crippen LogP contribution in [-0.2, 0) is 19.1 Å². The van der Waals surface area contributed by atoms with E-state index in [2.05, 4.69) is 10.1 Å². The monoisotopic (exact) mass is 369 g/mol. The Morgan fingerprint density at radius 3 is 2.42 bits per heavy atom. The summed E-state index contributed by atoms with van der Waals surface area (Å²) < 4.78 is 31.5.